The lowest BCUT2D eigenvalue weighted by atomic mass is 9.62. The van der Waals surface area contributed by atoms with Gasteiger partial charge >= 0.3 is 0 Å². The normalized spacial score (nSPS) is 19.6. The molecule has 0 amide bonds. The molecule has 0 aliphatic heterocycles. The summed E-state index contributed by atoms with van der Waals surface area (Å²) in [7, 11) is 0. The van der Waals surface area contributed by atoms with Gasteiger partial charge < -0.3 is 0 Å². The summed E-state index contributed by atoms with van der Waals surface area (Å²) < 4.78 is 0. The van der Waals surface area contributed by atoms with Crippen LogP contribution >= 0.6 is 0 Å². The molecule has 4 rings (SSSR count). The topological polar surface area (TPSA) is 12.9 Å². The number of hydrogen-bond donors (Lipinski definition) is 0. The van der Waals surface area contributed by atoms with Gasteiger partial charge in [0.25, 0.3) is 0 Å². The molecule has 1 aliphatic carbocycles. The van der Waals surface area contributed by atoms with Gasteiger partial charge in [0.2, 0.25) is 0 Å². The molecule has 2 aromatic carbocycles. The van der Waals surface area contributed by atoms with Crippen LogP contribution in [-0.4, -0.2) is 4.98 Å². The molecule has 3 aromatic rings. The Morgan fingerprint density at radius 1 is 1.10 bits per heavy atom. The van der Waals surface area contributed by atoms with Crippen LogP contribution < -0.4 is 10.4 Å². The highest BCUT2D eigenvalue weighted by molar-refractivity contribution is 5.84. The Kier molecular flexibility index (Phi) is 5.41. The first-order chi connectivity index (χ1) is 14.1. The van der Waals surface area contributed by atoms with Crippen molar-refractivity contribution in [2.45, 2.75) is 40.5 Å². The second kappa shape index (κ2) is 7.99. The number of aromatic nitrogens is 1. The van der Waals surface area contributed by atoms with Crippen LogP contribution in [0.25, 0.3) is 22.4 Å². The van der Waals surface area contributed by atoms with Crippen LogP contribution in [0, 0.1) is 17.3 Å². The molecule has 0 bridgehead atoms. The van der Waals surface area contributed by atoms with Crippen LogP contribution in [0.3, 0.4) is 0 Å². The van der Waals surface area contributed by atoms with Crippen LogP contribution in [0.4, 0.5) is 0 Å². The second-order valence-electron chi connectivity index (χ2n) is 8.58. The molecule has 1 aliphatic rings. The monoisotopic (exact) mass is 381 g/mol. The van der Waals surface area contributed by atoms with Gasteiger partial charge in [0.15, 0.2) is 0 Å². The van der Waals surface area contributed by atoms with Crippen molar-refractivity contribution in [3.63, 3.8) is 0 Å². The van der Waals surface area contributed by atoms with Gasteiger partial charge in [-0.25, -0.2) is 0 Å². The van der Waals surface area contributed by atoms with E-state index in [1.54, 1.807) is 0 Å². The molecule has 29 heavy (non-hydrogen) atoms. The van der Waals surface area contributed by atoms with E-state index in [0.717, 1.165) is 18.5 Å². The molecule has 3 atom stereocenters. The highest BCUT2D eigenvalue weighted by atomic mass is 14.7. The lowest BCUT2D eigenvalue weighted by Crippen LogP contribution is -2.41. The first-order valence-corrected chi connectivity index (χ1v) is 10.9. The molecule has 0 spiro atoms. The molecule has 1 nitrogen and oxygen atoms in total. The summed E-state index contributed by atoms with van der Waals surface area (Å²) in [6.07, 6.45) is 11.3. The molecular formula is C28H31N. The standard InChI is InChI=1S/C28H31N/c1-5-16-28(4,20(3)6-2)25-15-14-23-18-21-11-7-8-12-22(21)19-24(23)27(25)26-13-9-10-17-29-26/h5,7-14,16-20,25H,6,15H2,1-4H3. The van der Waals surface area contributed by atoms with Crippen molar-refractivity contribution in [1.29, 1.82) is 0 Å². The van der Waals surface area contributed by atoms with E-state index in [2.05, 4.69) is 94.5 Å². The van der Waals surface area contributed by atoms with Crippen molar-refractivity contribution in [1.82, 2.24) is 4.98 Å². The van der Waals surface area contributed by atoms with E-state index in [4.69, 9.17) is 4.98 Å². The van der Waals surface area contributed by atoms with Gasteiger partial charge in [0, 0.05) is 6.20 Å². The van der Waals surface area contributed by atoms with Crippen LogP contribution in [0.15, 0.2) is 72.9 Å². The number of rotatable bonds is 5. The fourth-order valence-corrected chi connectivity index (χ4v) is 5.04. The summed E-state index contributed by atoms with van der Waals surface area (Å²) in [6, 6.07) is 19.7. The summed E-state index contributed by atoms with van der Waals surface area (Å²) in [6.45, 7) is 9.29. The zero-order chi connectivity index (χ0) is 20.4. The molecule has 0 N–H and O–H groups in total. The smallest absolute Gasteiger partial charge is 0.0671 e. The summed E-state index contributed by atoms with van der Waals surface area (Å²) in [5.74, 6) is 0.982. The van der Waals surface area contributed by atoms with E-state index in [0.29, 0.717) is 11.8 Å². The van der Waals surface area contributed by atoms with E-state index in [-0.39, 0.29) is 5.41 Å². The summed E-state index contributed by atoms with van der Waals surface area (Å²) in [5, 5.41) is 5.29. The largest absolute Gasteiger partial charge is 0.257 e. The highest BCUT2D eigenvalue weighted by Crippen LogP contribution is 2.46. The minimum atomic E-state index is 0.0796. The number of pyridine rings is 1. The number of nitrogens with zero attached hydrogens (tertiary/aromatic N) is 1. The molecular weight excluding hydrogens is 350 g/mol. The molecule has 0 saturated heterocycles. The van der Waals surface area contributed by atoms with Crippen molar-refractivity contribution in [2.24, 2.45) is 17.3 Å². The van der Waals surface area contributed by atoms with Crippen molar-refractivity contribution in [3.05, 3.63) is 89.1 Å². The maximum Gasteiger partial charge on any atom is 0.0671 e. The zero-order valence-electron chi connectivity index (χ0n) is 18.0. The van der Waals surface area contributed by atoms with Gasteiger partial charge in [0.1, 0.15) is 0 Å². The Bertz CT molecular complexity index is 1160. The molecule has 1 heterocycles. The Hall–Kier alpha value is -2.67. The third-order valence-corrected chi connectivity index (χ3v) is 7.02. The van der Waals surface area contributed by atoms with E-state index in [1.807, 2.05) is 12.3 Å². The summed E-state index contributed by atoms with van der Waals surface area (Å²) >= 11 is 0. The zero-order valence-corrected chi connectivity index (χ0v) is 18.0. The predicted octanol–water partition coefficient (Wildman–Crippen LogP) is 5.86. The number of allylic oxidation sites excluding steroid dienone is 2. The first kappa shape index (κ1) is 19.6. The van der Waals surface area contributed by atoms with Crippen molar-refractivity contribution < 1.29 is 0 Å². The van der Waals surface area contributed by atoms with Gasteiger partial charge in [-0.1, -0.05) is 75.8 Å². The van der Waals surface area contributed by atoms with Gasteiger partial charge in [-0.3, -0.25) is 4.98 Å². The van der Waals surface area contributed by atoms with E-state index < -0.39 is 0 Å². The minimum absolute atomic E-state index is 0.0796. The van der Waals surface area contributed by atoms with Gasteiger partial charge in [-0.05, 0) is 81.6 Å². The molecule has 0 saturated carbocycles. The maximum absolute atomic E-state index is 4.82. The summed E-state index contributed by atoms with van der Waals surface area (Å²) in [5.41, 5.74) is 2.59. The molecule has 1 aromatic heterocycles. The Morgan fingerprint density at radius 2 is 1.83 bits per heavy atom. The van der Waals surface area contributed by atoms with Crippen LogP contribution in [-0.2, 0) is 0 Å². The molecule has 1 heteroatoms. The Balaban J connectivity index is 2.07. The fraction of sp³-hybridized carbons (Fsp3) is 0.321. The molecule has 3 unspecified atom stereocenters. The Morgan fingerprint density at radius 3 is 2.48 bits per heavy atom. The molecule has 0 fully saturated rings. The highest BCUT2D eigenvalue weighted by Gasteiger charge is 2.39. The van der Waals surface area contributed by atoms with Gasteiger partial charge in [-0.2, -0.15) is 0 Å². The maximum atomic E-state index is 4.82. The van der Waals surface area contributed by atoms with Crippen molar-refractivity contribution >= 4 is 22.4 Å². The summed E-state index contributed by atoms with van der Waals surface area (Å²) in [4.78, 5) is 4.82. The average Bonchev–Trinajstić information content (AvgIpc) is 2.77. The second-order valence-corrected chi connectivity index (χ2v) is 8.58. The number of fused-ring (bicyclic) bond motifs is 2. The van der Waals surface area contributed by atoms with Gasteiger partial charge in [-0.15, -0.1) is 0 Å². The van der Waals surface area contributed by atoms with E-state index in [1.165, 1.54) is 26.8 Å². The van der Waals surface area contributed by atoms with E-state index in [9.17, 15) is 0 Å². The number of hydrogen-bond acceptors (Lipinski definition) is 1. The quantitative estimate of drug-likeness (QED) is 0.504. The Labute approximate surface area is 174 Å². The third-order valence-electron chi connectivity index (χ3n) is 7.02. The number of benzene rings is 2. The van der Waals surface area contributed by atoms with Crippen LogP contribution in [0.1, 0.15) is 46.2 Å². The molecule has 148 valence electrons. The average molecular weight is 382 g/mol. The lowest BCUT2D eigenvalue weighted by Gasteiger charge is -2.42. The first-order valence-electron chi connectivity index (χ1n) is 10.9. The van der Waals surface area contributed by atoms with Crippen molar-refractivity contribution in [3.8, 4) is 0 Å². The third kappa shape index (κ3) is 3.44. The fourth-order valence-electron chi connectivity index (χ4n) is 5.04. The van der Waals surface area contributed by atoms with Gasteiger partial charge in [0.05, 0.1) is 5.69 Å². The van der Waals surface area contributed by atoms with Crippen LogP contribution in [0.2, 0.25) is 0 Å². The predicted molar refractivity (Wildman–Crippen MR) is 125 cm³/mol. The molecule has 0 radical (unpaired) electrons. The van der Waals surface area contributed by atoms with Crippen molar-refractivity contribution in [2.75, 3.05) is 0 Å². The van der Waals surface area contributed by atoms with Crippen LogP contribution in [0.5, 0.6) is 0 Å². The lowest BCUT2D eigenvalue weighted by molar-refractivity contribution is 0.202. The SMILES string of the molecule is CC=CC(C)(C(C)CC)C1CC=c2cc3ccccc3cc2=C1c1ccccn1. The minimum Gasteiger partial charge on any atom is -0.257 e. The van der Waals surface area contributed by atoms with E-state index >= 15 is 0 Å².